The van der Waals surface area contributed by atoms with Gasteiger partial charge in [0.25, 0.3) is 11.8 Å². The minimum absolute atomic E-state index is 0.0324. The third kappa shape index (κ3) is 8.49. The zero-order chi connectivity index (χ0) is 42.1. The van der Waals surface area contributed by atoms with E-state index in [9.17, 15) is 24.0 Å². The van der Waals surface area contributed by atoms with Crippen molar-refractivity contribution < 1.29 is 32.8 Å². The maximum atomic E-state index is 16.5. The molecule has 1 unspecified atom stereocenters. The highest BCUT2D eigenvalue weighted by atomic mass is 35.5. The van der Waals surface area contributed by atoms with E-state index in [4.69, 9.17) is 16.0 Å². The number of halogens is 2. The first-order valence-corrected chi connectivity index (χ1v) is 20.7. The van der Waals surface area contributed by atoms with Crippen LogP contribution in [0.4, 0.5) is 4.39 Å². The lowest BCUT2D eigenvalue weighted by Crippen LogP contribution is -2.40. The Bertz CT molecular complexity index is 2500. The highest BCUT2D eigenvalue weighted by molar-refractivity contribution is 6.32. The minimum Gasteiger partial charge on any atom is -0.450 e. The van der Waals surface area contributed by atoms with Crippen LogP contribution < -0.4 is 5.32 Å². The van der Waals surface area contributed by atoms with E-state index >= 15 is 4.39 Å². The van der Waals surface area contributed by atoms with Crippen molar-refractivity contribution in [3.05, 3.63) is 118 Å². The molecule has 3 aliphatic heterocycles. The van der Waals surface area contributed by atoms with Gasteiger partial charge in [0.1, 0.15) is 11.4 Å². The summed E-state index contributed by atoms with van der Waals surface area (Å²) in [4.78, 5) is 69.0. The Hall–Kier alpha value is -6.08. The molecule has 3 aliphatic rings. The Morgan fingerprint density at radius 1 is 0.967 bits per heavy atom. The van der Waals surface area contributed by atoms with Gasteiger partial charge in [0, 0.05) is 99.8 Å². The van der Waals surface area contributed by atoms with Crippen LogP contribution in [0, 0.1) is 11.7 Å². The molecule has 0 radical (unpaired) electrons. The van der Waals surface area contributed by atoms with Crippen molar-refractivity contribution in [3.8, 4) is 11.1 Å². The molecule has 0 saturated carbocycles. The number of aromatic nitrogens is 2. The number of furan rings is 1. The number of aryl methyl sites for hydroxylation is 1. The summed E-state index contributed by atoms with van der Waals surface area (Å²) >= 11 is 6.45. The van der Waals surface area contributed by atoms with Gasteiger partial charge in [0.15, 0.2) is 5.76 Å². The molecule has 1 N–H and O–H groups in total. The summed E-state index contributed by atoms with van der Waals surface area (Å²) in [7, 11) is 3.23. The van der Waals surface area contributed by atoms with Crippen LogP contribution in [0.3, 0.4) is 0 Å². The van der Waals surface area contributed by atoms with E-state index in [1.807, 2.05) is 35.4 Å². The lowest BCUT2D eigenvalue weighted by molar-refractivity contribution is -0.134. The summed E-state index contributed by atoms with van der Waals surface area (Å²) < 4.78 is 24.3. The number of likely N-dealkylation sites (tertiary alicyclic amines) is 1. The molecule has 0 spiro atoms. The molecule has 2 fully saturated rings. The molecule has 2 aromatic heterocycles. The summed E-state index contributed by atoms with van der Waals surface area (Å²) in [5.41, 5.74) is 4.92. The summed E-state index contributed by atoms with van der Waals surface area (Å²) in [6.07, 6.45) is 9.34. The summed E-state index contributed by atoms with van der Waals surface area (Å²) in [6, 6.07) is 18.1. The molecule has 5 aromatic rings. The van der Waals surface area contributed by atoms with Gasteiger partial charge in [-0.05, 0) is 90.6 Å². The predicted octanol–water partition coefficient (Wildman–Crippen LogP) is 7.11. The Kier molecular flexibility index (Phi) is 11.7. The van der Waals surface area contributed by atoms with Crippen molar-refractivity contribution in [2.24, 2.45) is 5.92 Å². The summed E-state index contributed by atoms with van der Waals surface area (Å²) in [6.45, 7) is 2.43. The van der Waals surface area contributed by atoms with E-state index in [1.165, 1.54) is 11.0 Å². The van der Waals surface area contributed by atoms with Crippen LogP contribution in [0.25, 0.3) is 27.7 Å². The molecule has 1 atom stereocenters. The van der Waals surface area contributed by atoms with Gasteiger partial charge in [-0.25, -0.2) is 4.39 Å². The normalized spacial score (nSPS) is 17.5. The van der Waals surface area contributed by atoms with Crippen LogP contribution >= 0.6 is 11.6 Å². The number of benzene rings is 3. The van der Waals surface area contributed by atoms with E-state index in [1.54, 1.807) is 54.1 Å². The van der Waals surface area contributed by atoms with Gasteiger partial charge >= 0.3 is 0 Å². The van der Waals surface area contributed by atoms with Crippen molar-refractivity contribution in [2.75, 3.05) is 40.3 Å². The monoisotopic (exact) mass is 832 g/mol. The SMILES string of the molecule is CN(C)C(=O)c1cc2c(F)c(C3=CCCN(C(=O)CCn4cccn4)C3)cc(-c3ccc(CC4CCN(C(=O)c5ccc(Cl)c(C6CCC(=O)NC6=O)c5)CC4)cc3)c2o1. The van der Waals surface area contributed by atoms with Crippen LogP contribution in [-0.4, -0.2) is 94.3 Å². The average Bonchev–Trinajstić information content (AvgIpc) is 3.95. The van der Waals surface area contributed by atoms with Crippen molar-refractivity contribution in [1.29, 1.82) is 0 Å². The number of hydrogen-bond acceptors (Lipinski definition) is 7. The molecule has 12 nitrogen and oxygen atoms in total. The molecular weight excluding hydrogens is 787 g/mol. The zero-order valence-corrected chi connectivity index (χ0v) is 34.3. The first kappa shape index (κ1) is 40.7. The molecule has 2 saturated heterocycles. The van der Waals surface area contributed by atoms with Crippen LogP contribution in [0.15, 0.2) is 83.6 Å². The number of amides is 5. The van der Waals surface area contributed by atoms with Gasteiger partial charge in [-0.3, -0.25) is 34.0 Å². The van der Waals surface area contributed by atoms with Crippen molar-refractivity contribution >= 4 is 57.7 Å². The maximum Gasteiger partial charge on any atom is 0.289 e. The molecule has 5 heterocycles. The number of carbonyl (C=O) groups excluding carboxylic acids is 5. The largest absolute Gasteiger partial charge is 0.450 e. The second-order valence-electron chi connectivity index (χ2n) is 16.1. The number of hydrogen-bond donors (Lipinski definition) is 1. The number of carbonyl (C=O) groups is 5. The molecule has 0 bridgehead atoms. The number of piperidine rings is 2. The number of nitrogens with zero attached hydrogens (tertiary/aromatic N) is 5. The van der Waals surface area contributed by atoms with Gasteiger partial charge in [0.05, 0.1) is 11.3 Å². The fraction of sp³-hybridized carbons (Fsp3) is 0.348. The van der Waals surface area contributed by atoms with Gasteiger partial charge in [0.2, 0.25) is 17.7 Å². The smallest absolute Gasteiger partial charge is 0.289 e. The molecule has 8 rings (SSSR count). The molecule has 3 aromatic carbocycles. The van der Waals surface area contributed by atoms with E-state index in [0.717, 1.165) is 30.4 Å². The van der Waals surface area contributed by atoms with Gasteiger partial charge in [-0.15, -0.1) is 0 Å². The van der Waals surface area contributed by atoms with E-state index in [-0.39, 0.29) is 59.7 Å². The van der Waals surface area contributed by atoms with Gasteiger partial charge in [-0.1, -0.05) is 41.9 Å². The van der Waals surface area contributed by atoms with Gasteiger partial charge < -0.3 is 19.1 Å². The molecule has 14 heteroatoms. The lowest BCUT2D eigenvalue weighted by atomic mass is 9.88. The molecular formula is C46H46ClFN6O6. The molecule has 5 amide bonds. The fourth-order valence-electron chi connectivity index (χ4n) is 8.51. The highest BCUT2D eigenvalue weighted by Gasteiger charge is 2.32. The quantitative estimate of drug-likeness (QED) is 0.148. The van der Waals surface area contributed by atoms with Crippen molar-refractivity contribution in [2.45, 2.75) is 57.4 Å². The van der Waals surface area contributed by atoms with E-state index in [2.05, 4.69) is 22.5 Å². The third-order valence-electron chi connectivity index (χ3n) is 11.9. The summed E-state index contributed by atoms with van der Waals surface area (Å²) in [5, 5.41) is 7.15. The molecule has 60 heavy (non-hydrogen) atoms. The van der Waals surface area contributed by atoms with E-state index < -0.39 is 17.6 Å². The lowest BCUT2D eigenvalue weighted by Gasteiger charge is -2.32. The second kappa shape index (κ2) is 17.3. The second-order valence-corrected chi connectivity index (χ2v) is 16.5. The topological polar surface area (TPSA) is 138 Å². The van der Waals surface area contributed by atoms with Crippen LogP contribution in [0.5, 0.6) is 0 Å². The van der Waals surface area contributed by atoms with Crippen LogP contribution in [-0.2, 0) is 27.3 Å². The van der Waals surface area contributed by atoms with Crippen LogP contribution in [0.2, 0.25) is 5.02 Å². The predicted molar refractivity (Wildman–Crippen MR) is 225 cm³/mol. The minimum atomic E-state index is -0.582. The fourth-order valence-corrected chi connectivity index (χ4v) is 8.76. The molecule has 310 valence electrons. The summed E-state index contributed by atoms with van der Waals surface area (Å²) in [5.74, 6) is -1.93. The highest BCUT2D eigenvalue weighted by Crippen LogP contribution is 2.39. The zero-order valence-electron chi connectivity index (χ0n) is 33.6. The van der Waals surface area contributed by atoms with Crippen molar-refractivity contribution in [3.63, 3.8) is 0 Å². The average molecular weight is 833 g/mol. The molecule has 0 aliphatic carbocycles. The van der Waals surface area contributed by atoms with Gasteiger partial charge in [-0.2, -0.15) is 5.10 Å². The maximum absolute atomic E-state index is 16.5. The van der Waals surface area contributed by atoms with Crippen LogP contribution in [0.1, 0.15) is 82.0 Å². The number of rotatable bonds is 10. The third-order valence-corrected chi connectivity index (χ3v) is 12.2. The van der Waals surface area contributed by atoms with E-state index in [0.29, 0.717) is 77.8 Å². The first-order chi connectivity index (χ1) is 28.9. The Balaban J connectivity index is 0.967. The Labute approximate surface area is 351 Å². The number of imide groups is 1. The Morgan fingerprint density at radius 3 is 2.47 bits per heavy atom. The standard InChI is InChI=1S/C46H46ClFN6O6/c1-51(2)46(59)39-26-37-42(48)34(32-5-3-18-53(27-32)41(56)16-22-54-19-4-17-49-54)25-35(43(37)60-39)30-8-6-28(7-9-30)23-29-14-20-52(21-15-29)45(58)31-10-12-38(47)36(24-31)33-11-13-40(55)50-44(33)57/h4-10,12,17,19,24-26,29,33H,3,11,13-16,18,20-23,27H2,1-2H3,(H,50,55,57). The van der Waals surface area contributed by atoms with Crippen molar-refractivity contribution in [1.82, 2.24) is 29.8 Å². The number of fused-ring (bicyclic) bond motifs is 1. The number of nitrogens with one attached hydrogen (secondary N) is 1. The first-order valence-electron chi connectivity index (χ1n) is 20.4. The Morgan fingerprint density at radius 2 is 1.75 bits per heavy atom.